The van der Waals surface area contributed by atoms with Crippen molar-refractivity contribution in [3.8, 4) is 0 Å². The number of hydrogen-bond donors (Lipinski definition) is 2. The first kappa shape index (κ1) is 14.8. The van der Waals surface area contributed by atoms with Gasteiger partial charge in [0.05, 0.1) is 0 Å². The lowest BCUT2D eigenvalue weighted by atomic mass is 9.90. The van der Waals surface area contributed by atoms with Crippen LogP contribution in [0.25, 0.3) is 0 Å². The second-order valence-electron chi connectivity index (χ2n) is 5.93. The van der Waals surface area contributed by atoms with Gasteiger partial charge in [0.2, 0.25) is 0 Å². The third-order valence-corrected chi connectivity index (χ3v) is 3.09. The van der Waals surface area contributed by atoms with Gasteiger partial charge in [-0.05, 0) is 33.6 Å². The van der Waals surface area contributed by atoms with Crippen LogP contribution in [-0.4, -0.2) is 28.3 Å². The van der Waals surface area contributed by atoms with Gasteiger partial charge in [0.1, 0.15) is 11.1 Å². The third-order valence-electron chi connectivity index (χ3n) is 3.09. The van der Waals surface area contributed by atoms with Crippen LogP contribution < -0.4 is 5.32 Å². The molecule has 5 heteroatoms. The molecule has 0 aromatic rings. The van der Waals surface area contributed by atoms with Crippen LogP contribution in [0.4, 0.5) is 4.79 Å². The molecule has 0 saturated heterocycles. The molecule has 0 unspecified atom stereocenters. The monoisotopic (exact) mass is 257 g/mol. The zero-order chi connectivity index (χ0) is 13.8. The first-order valence-corrected chi connectivity index (χ1v) is 6.50. The van der Waals surface area contributed by atoms with E-state index in [4.69, 9.17) is 9.84 Å². The summed E-state index contributed by atoms with van der Waals surface area (Å²) >= 11 is 0. The smallest absolute Gasteiger partial charge is 0.405 e. The Morgan fingerprint density at radius 3 is 2.00 bits per heavy atom. The van der Waals surface area contributed by atoms with E-state index < -0.39 is 23.2 Å². The average Bonchev–Trinajstić information content (AvgIpc) is 2.40. The molecular formula is C13H23NO4. The minimum absolute atomic E-state index is 0.445. The van der Waals surface area contributed by atoms with Crippen LogP contribution in [0.3, 0.4) is 0 Å². The van der Waals surface area contributed by atoms with Crippen LogP contribution in [0.1, 0.15) is 59.3 Å². The van der Waals surface area contributed by atoms with Gasteiger partial charge in [0.25, 0.3) is 0 Å². The topological polar surface area (TPSA) is 75.6 Å². The predicted octanol–water partition coefficient (Wildman–Crippen LogP) is 2.69. The summed E-state index contributed by atoms with van der Waals surface area (Å²) in [6.45, 7) is 5.36. The van der Waals surface area contributed by atoms with Gasteiger partial charge >= 0.3 is 12.1 Å². The van der Waals surface area contributed by atoms with E-state index >= 15 is 0 Å². The number of hydrogen-bond acceptors (Lipinski definition) is 3. The van der Waals surface area contributed by atoms with E-state index in [2.05, 4.69) is 5.32 Å². The summed E-state index contributed by atoms with van der Waals surface area (Å²) in [5.41, 5.74) is -1.66. The SMILES string of the molecule is CC(C)(C)OC(=O)C1(NC(=O)O)CCCCCC1. The van der Waals surface area contributed by atoms with Gasteiger partial charge in [0.15, 0.2) is 0 Å². The fraction of sp³-hybridized carbons (Fsp3) is 0.846. The lowest BCUT2D eigenvalue weighted by Gasteiger charge is -2.33. The number of ether oxygens (including phenoxy) is 1. The normalized spacial score (nSPS) is 19.7. The molecule has 104 valence electrons. The molecule has 1 saturated carbocycles. The standard InChI is InChI=1S/C13H23NO4/c1-12(2,3)18-10(15)13(14-11(16)17)8-6-4-5-7-9-13/h14H,4-9H2,1-3H3,(H,16,17). The van der Waals surface area contributed by atoms with Crippen LogP contribution in [-0.2, 0) is 9.53 Å². The summed E-state index contributed by atoms with van der Waals surface area (Å²) < 4.78 is 5.37. The fourth-order valence-corrected chi connectivity index (χ4v) is 2.29. The van der Waals surface area contributed by atoms with Crippen LogP contribution >= 0.6 is 0 Å². The lowest BCUT2D eigenvalue weighted by Crippen LogP contribution is -2.56. The van der Waals surface area contributed by atoms with Crippen molar-refractivity contribution in [3.05, 3.63) is 0 Å². The van der Waals surface area contributed by atoms with Gasteiger partial charge < -0.3 is 15.2 Å². The number of amides is 1. The van der Waals surface area contributed by atoms with Crippen LogP contribution in [0.2, 0.25) is 0 Å². The Labute approximate surface area is 108 Å². The van der Waals surface area contributed by atoms with Gasteiger partial charge in [0, 0.05) is 0 Å². The molecule has 1 aliphatic carbocycles. The molecule has 1 fully saturated rings. The van der Waals surface area contributed by atoms with Gasteiger partial charge in [-0.1, -0.05) is 25.7 Å². The highest BCUT2D eigenvalue weighted by molar-refractivity contribution is 5.85. The molecule has 0 heterocycles. The van der Waals surface area contributed by atoms with Crippen molar-refractivity contribution in [2.45, 2.75) is 70.4 Å². The molecule has 1 rings (SSSR count). The summed E-state index contributed by atoms with van der Waals surface area (Å²) in [5, 5.41) is 11.4. The summed E-state index contributed by atoms with van der Waals surface area (Å²) in [6.07, 6.45) is 3.64. The molecule has 0 aromatic heterocycles. The zero-order valence-corrected chi connectivity index (χ0v) is 11.4. The first-order chi connectivity index (χ1) is 8.25. The van der Waals surface area contributed by atoms with E-state index in [9.17, 15) is 9.59 Å². The van der Waals surface area contributed by atoms with Crippen molar-refractivity contribution >= 4 is 12.1 Å². The molecule has 0 spiro atoms. The molecule has 5 nitrogen and oxygen atoms in total. The summed E-state index contributed by atoms with van der Waals surface area (Å²) in [5.74, 6) is -0.445. The summed E-state index contributed by atoms with van der Waals surface area (Å²) in [7, 11) is 0. The summed E-state index contributed by atoms with van der Waals surface area (Å²) in [4.78, 5) is 23.2. The summed E-state index contributed by atoms with van der Waals surface area (Å²) in [6, 6.07) is 0. The Kier molecular flexibility index (Phi) is 4.59. The van der Waals surface area contributed by atoms with Crippen molar-refractivity contribution in [1.82, 2.24) is 5.32 Å². The first-order valence-electron chi connectivity index (χ1n) is 6.50. The Morgan fingerprint density at radius 1 is 1.11 bits per heavy atom. The minimum atomic E-state index is -1.16. The van der Waals surface area contributed by atoms with Crippen LogP contribution in [0, 0.1) is 0 Å². The number of carbonyl (C=O) groups is 2. The van der Waals surface area contributed by atoms with E-state index in [1.807, 2.05) is 0 Å². The van der Waals surface area contributed by atoms with Gasteiger partial charge in [-0.3, -0.25) is 0 Å². The van der Waals surface area contributed by atoms with Crippen molar-refractivity contribution in [1.29, 1.82) is 0 Å². The fourth-order valence-electron chi connectivity index (χ4n) is 2.29. The predicted molar refractivity (Wildman–Crippen MR) is 67.4 cm³/mol. The molecule has 2 N–H and O–H groups in total. The maximum atomic E-state index is 12.3. The number of rotatable bonds is 2. The largest absolute Gasteiger partial charge is 0.465 e. The molecule has 1 aliphatic rings. The van der Waals surface area contributed by atoms with Crippen LogP contribution in [0.15, 0.2) is 0 Å². The minimum Gasteiger partial charge on any atom is -0.465 e. The number of carbonyl (C=O) groups excluding carboxylic acids is 1. The van der Waals surface area contributed by atoms with E-state index in [1.54, 1.807) is 20.8 Å². The molecular weight excluding hydrogens is 234 g/mol. The lowest BCUT2D eigenvalue weighted by molar-refractivity contribution is -0.163. The second kappa shape index (κ2) is 5.59. The van der Waals surface area contributed by atoms with Crippen molar-refractivity contribution in [3.63, 3.8) is 0 Å². The number of carboxylic acid groups (broad SMARTS) is 1. The van der Waals surface area contributed by atoms with E-state index in [1.165, 1.54) is 0 Å². The Bertz CT molecular complexity index is 311. The van der Waals surface area contributed by atoms with Crippen molar-refractivity contribution in [2.75, 3.05) is 0 Å². The van der Waals surface area contributed by atoms with E-state index in [0.29, 0.717) is 12.8 Å². The number of nitrogens with one attached hydrogen (secondary N) is 1. The molecule has 0 aliphatic heterocycles. The highest BCUT2D eigenvalue weighted by atomic mass is 16.6. The highest BCUT2D eigenvalue weighted by Crippen LogP contribution is 2.29. The average molecular weight is 257 g/mol. The highest BCUT2D eigenvalue weighted by Gasteiger charge is 2.43. The van der Waals surface area contributed by atoms with Crippen LogP contribution in [0.5, 0.6) is 0 Å². The maximum absolute atomic E-state index is 12.3. The second-order valence-corrected chi connectivity index (χ2v) is 5.93. The Morgan fingerprint density at radius 2 is 1.61 bits per heavy atom. The van der Waals surface area contributed by atoms with E-state index in [-0.39, 0.29) is 0 Å². The quantitative estimate of drug-likeness (QED) is 0.589. The van der Waals surface area contributed by atoms with E-state index in [0.717, 1.165) is 25.7 Å². The third kappa shape index (κ3) is 4.20. The van der Waals surface area contributed by atoms with Gasteiger partial charge in [-0.2, -0.15) is 0 Å². The Balaban J connectivity index is 2.88. The van der Waals surface area contributed by atoms with Crippen molar-refractivity contribution in [2.24, 2.45) is 0 Å². The van der Waals surface area contributed by atoms with Crippen molar-refractivity contribution < 1.29 is 19.4 Å². The molecule has 0 radical (unpaired) electrons. The molecule has 0 aromatic carbocycles. The number of esters is 1. The van der Waals surface area contributed by atoms with Gasteiger partial charge in [-0.15, -0.1) is 0 Å². The molecule has 18 heavy (non-hydrogen) atoms. The molecule has 0 atom stereocenters. The maximum Gasteiger partial charge on any atom is 0.405 e. The zero-order valence-electron chi connectivity index (χ0n) is 11.4. The van der Waals surface area contributed by atoms with Gasteiger partial charge in [-0.25, -0.2) is 9.59 Å². The molecule has 1 amide bonds. The molecule has 0 bridgehead atoms. The Hall–Kier alpha value is -1.26.